The summed E-state index contributed by atoms with van der Waals surface area (Å²) in [5.74, 6) is 0. The summed E-state index contributed by atoms with van der Waals surface area (Å²) in [7, 11) is 0. The first-order chi connectivity index (χ1) is 11.9. The summed E-state index contributed by atoms with van der Waals surface area (Å²) in [4.78, 5) is 0. The van der Waals surface area contributed by atoms with Crippen molar-refractivity contribution in [3.63, 3.8) is 0 Å². The Morgan fingerprint density at radius 1 is 0.833 bits per heavy atom. The maximum atomic E-state index is 5.92. The number of hydrogen-bond donors (Lipinski definition) is 1. The monoisotopic (exact) mass is 333 g/mol. The first-order valence-electron chi connectivity index (χ1n) is 10.2. The summed E-state index contributed by atoms with van der Waals surface area (Å²) in [6.45, 7) is 7.29. The summed E-state index contributed by atoms with van der Waals surface area (Å²) in [5, 5.41) is 3.54. The van der Waals surface area contributed by atoms with E-state index in [2.05, 4.69) is 49.5 Å². The standard InChI is InChI=1S/C22H39NO/c1-3-5-6-7-8-9-13-17-22(24-4-2)18-14-19-23-20-21-15-11-10-12-16-21/h10-12,15-16,22-23H,3-9,13-14,17-20H2,1-2H3. The highest BCUT2D eigenvalue weighted by atomic mass is 16.5. The van der Waals surface area contributed by atoms with Gasteiger partial charge >= 0.3 is 0 Å². The third kappa shape index (κ3) is 11.6. The number of unbranched alkanes of at least 4 members (excludes halogenated alkanes) is 6. The smallest absolute Gasteiger partial charge is 0.0575 e. The summed E-state index contributed by atoms with van der Waals surface area (Å²) < 4.78 is 5.92. The molecule has 0 heterocycles. The first-order valence-corrected chi connectivity index (χ1v) is 10.2. The molecule has 2 nitrogen and oxygen atoms in total. The van der Waals surface area contributed by atoms with E-state index in [-0.39, 0.29) is 0 Å². The molecule has 2 heteroatoms. The molecule has 0 saturated carbocycles. The molecule has 0 aliphatic heterocycles. The molecule has 24 heavy (non-hydrogen) atoms. The largest absolute Gasteiger partial charge is 0.379 e. The molecule has 0 aromatic heterocycles. The highest BCUT2D eigenvalue weighted by Crippen LogP contribution is 2.14. The Morgan fingerprint density at radius 3 is 2.21 bits per heavy atom. The van der Waals surface area contributed by atoms with E-state index in [4.69, 9.17) is 4.74 Å². The molecule has 0 fully saturated rings. The Morgan fingerprint density at radius 2 is 1.50 bits per heavy atom. The zero-order valence-corrected chi connectivity index (χ0v) is 16.1. The predicted molar refractivity (Wildman–Crippen MR) is 105 cm³/mol. The van der Waals surface area contributed by atoms with Crippen LogP contribution in [0.5, 0.6) is 0 Å². The zero-order valence-electron chi connectivity index (χ0n) is 16.1. The van der Waals surface area contributed by atoms with Crippen molar-refractivity contribution in [2.45, 2.75) is 90.7 Å². The second-order valence-electron chi connectivity index (χ2n) is 6.79. The van der Waals surface area contributed by atoms with E-state index in [0.717, 1.165) is 19.7 Å². The third-order valence-corrected chi connectivity index (χ3v) is 4.58. The second-order valence-corrected chi connectivity index (χ2v) is 6.79. The van der Waals surface area contributed by atoms with Crippen LogP contribution in [0.1, 0.15) is 83.6 Å². The maximum Gasteiger partial charge on any atom is 0.0575 e. The number of ether oxygens (including phenoxy) is 1. The number of nitrogens with one attached hydrogen (secondary N) is 1. The van der Waals surface area contributed by atoms with Crippen LogP contribution in [0.3, 0.4) is 0 Å². The van der Waals surface area contributed by atoms with E-state index < -0.39 is 0 Å². The van der Waals surface area contributed by atoms with Crippen molar-refractivity contribution >= 4 is 0 Å². The van der Waals surface area contributed by atoms with E-state index in [1.54, 1.807) is 0 Å². The molecule has 0 aliphatic rings. The highest BCUT2D eigenvalue weighted by Gasteiger charge is 2.07. The fraction of sp³-hybridized carbons (Fsp3) is 0.727. The van der Waals surface area contributed by atoms with Crippen molar-refractivity contribution in [3.05, 3.63) is 35.9 Å². The lowest BCUT2D eigenvalue weighted by molar-refractivity contribution is 0.0475. The van der Waals surface area contributed by atoms with Crippen molar-refractivity contribution in [3.8, 4) is 0 Å². The molecular weight excluding hydrogens is 294 g/mol. The summed E-state index contributed by atoms with van der Waals surface area (Å²) in [5.41, 5.74) is 1.36. The second kappa shape index (κ2) is 15.7. The van der Waals surface area contributed by atoms with Crippen molar-refractivity contribution in [2.24, 2.45) is 0 Å². The van der Waals surface area contributed by atoms with Crippen LogP contribution in [-0.2, 0) is 11.3 Å². The lowest BCUT2D eigenvalue weighted by atomic mass is 10.0. The zero-order chi connectivity index (χ0) is 17.3. The Hall–Kier alpha value is -0.860. The lowest BCUT2D eigenvalue weighted by Crippen LogP contribution is -2.19. The minimum Gasteiger partial charge on any atom is -0.379 e. The van der Waals surface area contributed by atoms with Crippen molar-refractivity contribution in [2.75, 3.05) is 13.2 Å². The fourth-order valence-corrected chi connectivity index (χ4v) is 3.16. The molecule has 1 rings (SSSR count). The number of hydrogen-bond acceptors (Lipinski definition) is 2. The third-order valence-electron chi connectivity index (χ3n) is 4.58. The topological polar surface area (TPSA) is 21.3 Å². The lowest BCUT2D eigenvalue weighted by Gasteiger charge is -2.17. The molecule has 0 aliphatic carbocycles. The van der Waals surface area contributed by atoms with Crippen molar-refractivity contribution in [1.82, 2.24) is 5.32 Å². The average molecular weight is 334 g/mol. The van der Waals surface area contributed by atoms with Gasteiger partial charge in [-0.2, -0.15) is 0 Å². The van der Waals surface area contributed by atoms with Gasteiger partial charge in [-0.25, -0.2) is 0 Å². The molecule has 138 valence electrons. The molecule has 1 aromatic carbocycles. The number of rotatable bonds is 16. The summed E-state index contributed by atoms with van der Waals surface area (Å²) in [6.07, 6.45) is 13.8. The fourth-order valence-electron chi connectivity index (χ4n) is 3.16. The maximum absolute atomic E-state index is 5.92. The van der Waals surface area contributed by atoms with Crippen LogP contribution >= 0.6 is 0 Å². The Labute approximate surface area is 150 Å². The first kappa shape index (κ1) is 21.2. The van der Waals surface area contributed by atoms with E-state index in [9.17, 15) is 0 Å². The van der Waals surface area contributed by atoms with Crippen molar-refractivity contribution < 1.29 is 4.74 Å². The van der Waals surface area contributed by atoms with Crippen LogP contribution < -0.4 is 5.32 Å². The van der Waals surface area contributed by atoms with E-state index in [0.29, 0.717) is 6.10 Å². The van der Waals surface area contributed by atoms with Crippen LogP contribution in [-0.4, -0.2) is 19.3 Å². The van der Waals surface area contributed by atoms with Gasteiger partial charge in [0.15, 0.2) is 0 Å². The van der Waals surface area contributed by atoms with Gasteiger partial charge in [-0.1, -0.05) is 82.2 Å². The van der Waals surface area contributed by atoms with Crippen LogP contribution in [0.4, 0.5) is 0 Å². The summed E-state index contributed by atoms with van der Waals surface area (Å²) in [6, 6.07) is 10.6. The molecule has 1 N–H and O–H groups in total. The van der Waals surface area contributed by atoms with Crippen LogP contribution in [0.25, 0.3) is 0 Å². The van der Waals surface area contributed by atoms with Gasteiger partial charge in [-0.05, 0) is 38.3 Å². The average Bonchev–Trinajstić information content (AvgIpc) is 2.61. The van der Waals surface area contributed by atoms with Gasteiger partial charge in [0.25, 0.3) is 0 Å². The van der Waals surface area contributed by atoms with Gasteiger partial charge in [-0.15, -0.1) is 0 Å². The van der Waals surface area contributed by atoms with Gasteiger partial charge in [0.1, 0.15) is 0 Å². The predicted octanol–water partition coefficient (Wildman–Crippen LogP) is 6.10. The van der Waals surface area contributed by atoms with Crippen LogP contribution in [0.2, 0.25) is 0 Å². The molecule has 1 unspecified atom stereocenters. The summed E-state index contributed by atoms with van der Waals surface area (Å²) >= 11 is 0. The van der Waals surface area contributed by atoms with E-state index in [1.807, 2.05) is 0 Å². The van der Waals surface area contributed by atoms with Gasteiger partial charge in [0.2, 0.25) is 0 Å². The van der Waals surface area contributed by atoms with Crippen LogP contribution in [0, 0.1) is 0 Å². The van der Waals surface area contributed by atoms with E-state index >= 15 is 0 Å². The van der Waals surface area contributed by atoms with Crippen molar-refractivity contribution in [1.29, 1.82) is 0 Å². The molecule has 0 bridgehead atoms. The molecule has 0 saturated heterocycles. The molecule has 1 atom stereocenters. The van der Waals surface area contributed by atoms with Gasteiger partial charge < -0.3 is 10.1 Å². The SMILES string of the molecule is CCCCCCCCCC(CCCNCc1ccccc1)OCC. The Balaban J connectivity index is 2.01. The highest BCUT2D eigenvalue weighted by molar-refractivity contribution is 5.14. The van der Waals surface area contributed by atoms with E-state index in [1.165, 1.54) is 69.8 Å². The Bertz CT molecular complexity index is 365. The molecule has 0 amide bonds. The normalized spacial score (nSPS) is 12.4. The minimum absolute atomic E-state index is 0.462. The van der Waals surface area contributed by atoms with Crippen LogP contribution in [0.15, 0.2) is 30.3 Å². The van der Waals surface area contributed by atoms with Gasteiger partial charge in [0, 0.05) is 13.2 Å². The molecule has 0 spiro atoms. The molecule has 1 aromatic rings. The minimum atomic E-state index is 0.462. The van der Waals surface area contributed by atoms with Gasteiger partial charge in [-0.3, -0.25) is 0 Å². The van der Waals surface area contributed by atoms with Gasteiger partial charge in [0.05, 0.1) is 6.10 Å². The quantitative estimate of drug-likeness (QED) is 0.369. The Kier molecular flexibility index (Phi) is 13.8. The molecular formula is C22H39NO. The molecule has 0 radical (unpaired) electrons. The number of benzene rings is 1.